The molecule has 1 heterocycles. The van der Waals surface area contributed by atoms with E-state index < -0.39 is 10.1 Å². The molecule has 2 N–H and O–H groups in total. The molecule has 1 saturated heterocycles. The number of hydrogen-bond acceptors (Lipinski definition) is 4. The summed E-state index contributed by atoms with van der Waals surface area (Å²) in [5.41, 5.74) is 0.980. The van der Waals surface area contributed by atoms with Crippen molar-refractivity contribution in [1.29, 1.82) is 0 Å². The fraction of sp³-hybridized carbons (Fsp3) is 0.400. The first-order chi connectivity index (χ1) is 7.57. The first kappa shape index (κ1) is 11.4. The third-order valence-corrected chi connectivity index (χ3v) is 3.48. The summed E-state index contributed by atoms with van der Waals surface area (Å²) in [6.07, 6.45) is 0. The Morgan fingerprint density at radius 3 is 2.19 bits per heavy atom. The smallest absolute Gasteiger partial charge is 0.294 e. The van der Waals surface area contributed by atoms with Gasteiger partial charge in [0.25, 0.3) is 10.1 Å². The zero-order valence-electron chi connectivity index (χ0n) is 8.76. The van der Waals surface area contributed by atoms with Crippen molar-refractivity contribution in [2.45, 2.75) is 4.90 Å². The Bertz CT molecular complexity index is 449. The van der Waals surface area contributed by atoms with Gasteiger partial charge in [-0.2, -0.15) is 8.42 Å². The van der Waals surface area contributed by atoms with Crippen molar-refractivity contribution in [3.8, 4) is 0 Å². The van der Waals surface area contributed by atoms with Crippen molar-refractivity contribution in [1.82, 2.24) is 5.32 Å². The fourth-order valence-corrected chi connectivity index (χ4v) is 2.23. The largest absolute Gasteiger partial charge is 0.369 e. The van der Waals surface area contributed by atoms with Crippen LogP contribution in [-0.2, 0) is 10.1 Å². The van der Waals surface area contributed by atoms with E-state index in [0.29, 0.717) is 0 Å². The number of nitrogens with one attached hydrogen (secondary N) is 1. The highest BCUT2D eigenvalue weighted by atomic mass is 32.2. The van der Waals surface area contributed by atoms with Crippen LogP contribution in [0.25, 0.3) is 0 Å². The Balaban J connectivity index is 2.18. The Kier molecular flexibility index (Phi) is 3.13. The maximum atomic E-state index is 10.9. The third-order valence-electron chi connectivity index (χ3n) is 2.62. The van der Waals surface area contributed by atoms with Crippen molar-refractivity contribution in [3.63, 3.8) is 0 Å². The molecule has 0 unspecified atom stereocenters. The molecule has 16 heavy (non-hydrogen) atoms. The molecule has 2 rings (SSSR count). The summed E-state index contributed by atoms with van der Waals surface area (Å²) < 4.78 is 30.5. The molecule has 1 aliphatic rings. The van der Waals surface area contributed by atoms with Crippen LogP contribution in [0.15, 0.2) is 29.2 Å². The van der Waals surface area contributed by atoms with Crippen molar-refractivity contribution in [2.24, 2.45) is 0 Å². The van der Waals surface area contributed by atoms with Crippen LogP contribution in [0, 0.1) is 0 Å². The van der Waals surface area contributed by atoms with Crippen molar-refractivity contribution >= 4 is 15.8 Å². The van der Waals surface area contributed by atoms with Crippen molar-refractivity contribution in [2.75, 3.05) is 31.1 Å². The molecule has 1 aromatic carbocycles. The normalized spacial score (nSPS) is 17.4. The van der Waals surface area contributed by atoms with Gasteiger partial charge in [0.15, 0.2) is 0 Å². The zero-order chi connectivity index (χ0) is 11.6. The van der Waals surface area contributed by atoms with Crippen LogP contribution in [0.1, 0.15) is 0 Å². The minimum absolute atomic E-state index is 0.0635. The van der Waals surface area contributed by atoms with Gasteiger partial charge in [0, 0.05) is 31.9 Å². The first-order valence-corrected chi connectivity index (χ1v) is 6.54. The maximum Gasteiger partial charge on any atom is 0.294 e. The molecule has 0 bridgehead atoms. The number of hydrogen-bond donors (Lipinski definition) is 2. The van der Waals surface area contributed by atoms with E-state index in [-0.39, 0.29) is 4.90 Å². The standard InChI is InChI=1S/C10H14N2O3S/c13-16(14,15)10-3-1-9(2-4-10)12-7-5-11-6-8-12/h1-4,11H,5-8H2,(H,13,14,15). The highest BCUT2D eigenvalue weighted by Gasteiger charge is 2.12. The minimum Gasteiger partial charge on any atom is -0.369 e. The highest BCUT2D eigenvalue weighted by molar-refractivity contribution is 7.85. The van der Waals surface area contributed by atoms with Gasteiger partial charge in [0.1, 0.15) is 0 Å². The number of anilines is 1. The monoisotopic (exact) mass is 242 g/mol. The molecular formula is C10H14N2O3S. The van der Waals surface area contributed by atoms with E-state index in [4.69, 9.17) is 4.55 Å². The van der Waals surface area contributed by atoms with Crippen molar-refractivity contribution < 1.29 is 13.0 Å². The lowest BCUT2D eigenvalue weighted by Crippen LogP contribution is -2.43. The third kappa shape index (κ3) is 2.52. The molecule has 0 atom stereocenters. The molecule has 0 spiro atoms. The van der Waals surface area contributed by atoms with Gasteiger partial charge < -0.3 is 10.2 Å². The van der Waals surface area contributed by atoms with Gasteiger partial charge >= 0.3 is 0 Å². The molecule has 1 aromatic rings. The van der Waals surface area contributed by atoms with Crippen LogP contribution in [-0.4, -0.2) is 39.1 Å². The number of piperazine rings is 1. The predicted molar refractivity (Wildman–Crippen MR) is 61.3 cm³/mol. The predicted octanol–water partition coefficient (Wildman–Crippen LogP) is 0.343. The average molecular weight is 242 g/mol. The van der Waals surface area contributed by atoms with Crippen LogP contribution in [0.4, 0.5) is 5.69 Å². The zero-order valence-corrected chi connectivity index (χ0v) is 9.57. The number of rotatable bonds is 2. The summed E-state index contributed by atoms with van der Waals surface area (Å²) >= 11 is 0. The summed E-state index contributed by atoms with van der Waals surface area (Å²) in [5, 5.41) is 3.24. The summed E-state index contributed by atoms with van der Waals surface area (Å²) in [6.45, 7) is 3.68. The van der Waals surface area contributed by atoms with Crippen LogP contribution < -0.4 is 10.2 Å². The molecule has 6 heteroatoms. The second kappa shape index (κ2) is 4.40. The van der Waals surface area contributed by atoms with E-state index in [0.717, 1.165) is 31.9 Å². The average Bonchev–Trinajstić information content (AvgIpc) is 2.29. The van der Waals surface area contributed by atoms with Gasteiger partial charge in [-0.1, -0.05) is 0 Å². The first-order valence-electron chi connectivity index (χ1n) is 5.10. The van der Waals surface area contributed by atoms with Crippen molar-refractivity contribution in [3.05, 3.63) is 24.3 Å². The van der Waals surface area contributed by atoms with Gasteiger partial charge in [-0.05, 0) is 24.3 Å². The van der Waals surface area contributed by atoms with Gasteiger partial charge in [-0.25, -0.2) is 0 Å². The molecule has 0 aromatic heterocycles. The van der Waals surface area contributed by atoms with Gasteiger partial charge in [0.2, 0.25) is 0 Å². The van der Waals surface area contributed by atoms with E-state index in [2.05, 4.69) is 10.2 Å². The Morgan fingerprint density at radius 1 is 1.12 bits per heavy atom. The van der Waals surface area contributed by atoms with E-state index in [9.17, 15) is 8.42 Å². The molecule has 0 amide bonds. The summed E-state index contributed by atoms with van der Waals surface area (Å²) in [4.78, 5) is 2.11. The lowest BCUT2D eigenvalue weighted by molar-refractivity contribution is 0.483. The molecular weight excluding hydrogens is 228 g/mol. The molecule has 88 valence electrons. The highest BCUT2D eigenvalue weighted by Crippen LogP contribution is 2.18. The fourth-order valence-electron chi connectivity index (χ4n) is 1.75. The van der Waals surface area contributed by atoms with Crippen LogP contribution in [0.3, 0.4) is 0 Å². The van der Waals surface area contributed by atoms with Crippen LogP contribution >= 0.6 is 0 Å². The van der Waals surface area contributed by atoms with E-state index in [1.165, 1.54) is 12.1 Å². The summed E-state index contributed by atoms with van der Waals surface area (Å²) in [6, 6.07) is 6.28. The van der Waals surface area contributed by atoms with Gasteiger partial charge in [0.05, 0.1) is 4.90 Å². The summed E-state index contributed by atoms with van der Waals surface area (Å²) in [7, 11) is -4.08. The van der Waals surface area contributed by atoms with E-state index in [1.54, 1.807) is 12.1 Å². The van der Waals surface area contributed by atoms with E-state index >= 15 is 0 Å². The molecule has 5 nitrogen and oxygen atoms in total. The van der Waals surface area contributed by atoms with Crippen LogP contribution in [0.2, 0.25) is 0 Å². The quantitative estimate of drug-likeness (QED) is 0.732. The van der Waals surface area contributed by atoms with Crippen LogP contribution in [0.5, 0.6) is 0 Å². The Hall–Kier alpha value is -1.11. The minimum atomic E-state index is -4.08. The topological polar surface area (TPSA) is 69.6 Å². The number of nitrogens with zero attached hydrogens (tertiary/aromatic N) is 1. The molecule has 1 fully saturated rings. The second-order valence-corrected chi connectivity index (χ2v) is 5.13. The lowest BCUT2D eigenvalue weighted by Gasteiger charge is -2.29. The Morgan fingerprint density at radius 2 is 1.69 bits per heavy atom. The molecule has 1 aliphatic heterocycles. The second-order valence-electron chi connectivity index (χ2n) is 3.71. The van der Waals surface area contributed by atoms with Gasteiger partial charge in [-0.3, -0.25) is 4.55 Å². The lowest BCUT2D eigenvalue weighted by atomic mass is 10.2. The molecule has 0 saturated carbocycles. The maximum absolute atomic E-state index is 10.9. The number of benzene rings is 1. The molecule has 0 aliphatic carbocycles. The summed E-state index contributed by atoms with van der Waals surface area (Å²) in [5.74, 6) is 0. The SMILES string of the molecule is O=S(=O)(O)c1ccc(N2CCNCC2)cc1. The van der Waals surface area contributed by atoms with Gasteiger partial charge in [-0.15, -0.1) is 0 Å². The van der Waals surface area contributed by atoms with E-state index in [1.807, 2.05) is 0 Å². The molecule has 0 radical (unpaired) electrons. The Labute approximate surface area is 94.8 Å².